The predicted octanol–water partition coefficient (Wildman–Crippen LogP) is 4.08. The molecule has 1 aromatic carbocycles. The Bertz CT molecular complexity index is 1110. The van der Waals surface area contributed by atoms with Crippen molar-refractivity contribution in [3.8, 4) is 0 Å². The van der Waals surface area contributed by atoms with Gasteiger partial charge in [0.1, 0.15) is 0 Å². The number of aliphatic hydroxyl groups excluding tert-OH is 1. The molecule has 4 heteroatoms. The molecule has 0 unspecified atom stereocenters. The zero-order chi connectivity index (χ0) is 18.7. The number of aromatic nitrogens is 1. The van der Waals surface area contributed by atoms with E-state index in [0.717, 1.165) is 23.1 Å². The largest absolute Gasteiger partial charge is 0.472 e. The highest BCUT2D eigenvalue weighted by molar-refractivity contribution is 5.56. The van der Waals surface area contributed by atoms with Crippen LogP contribution in [0.2, 0.25) is 0 Å². The van der Waals surface area contributed by atoms with Crippen LogP contribution >= 0.6 is 0 Å². The van der Waals surface area contributed by atoms with Crippen molar-refractivity contribution in [1.29, 1.82) is 0 Å². The highest BCUT2D eigenvalue weighted by atomic mass is 16.3. The van der Waals surface area contributed by atoms with Gasteiger partial charge in [0.05, 0.1) is 43.0 Å². The maximum absolute atomic E-state index is 10.2. The molecule has 0 amide bonds. The van der Waals surface area contributed by atoms with E-state index in [0.29, 0.717) is 0 Å². The van der Waals surface area contributed by atoms with Crippen molar-refractivity contribution < 1.29 is 18.5 Å². The van der Waals surface area contributed by atoms with E-state index in [1.807, 2.05) is 18.6 Å². The van der Waals surface area contributed by atoms with E-state index >= 15 is 0 Å². The van der Waals surface area contributed by atoms with Gasteiger partial charge in [-0.15, -0.1) is 0 Å². The molecule has 0 saturated heterocycles. The second kappa shape index (κ2) is 5.69. The molecule has 0 radical (unpaired) electrons. The molecule has 4 nitrogen and oxygen atoms in total. The Morgan fingerprint density at radius 2 is 1.75 bits per heavy atom. The molecule has 3 aliphatic rings. The molecule has 2 bridgehead atoms. The number of hydrogen-bond acceptors (Lipinski definition) is 3. The first-order valence-electron chi connectivity index (χ1n) is 9.62. The Morgan fingerprint density at radius 1 is 0.964 bits per heavy atom. The molecule has 1 aliphatic carbocycles. The summed E-state index contributed by atoms with van der Waals surface area (Å²) >= 11 is 0. The van der Waals surface area contributed by atoms with E-state index in [1.54, 1.807) is 12.5 Å². The minimum Gasteiger partial charge on any atom is -0.472 e. The van der Waals surface area contributed by atoms with Crippen molar-refractivity contribution in [2.24, 2.45) is 0 Å². The fourth-order valence-corrected chi connectivity index (χ4v) is 5.61. The maximum Gasteiger partial charge on any atom is 0.190 e. The predicted molar refractivity (Wildman–Crippen MR) is 102 cm³/mol. The fourth-order valence-electron chi connectivity index (χ4n) is 5.61. The van der Waals surface area contributed by atoms with Crippen LogP contribution in [-0.4, -0.2) is 5.11 Å². The Labute approximate surface area is 162 Å². The summed E-state index contributed by atoms with van der Waals surface area (Å²) in [5.41, 5.74) is 6.81. The molecule has 0 fully saturated rings. The van der Waals surface area contributed by atoms with Crippen LogP contribution in [0.25, 0.3) is 0 Å². The number of rotatable bonds is 3. The van der Waals surface area contributed by atoms with E-state index in [-0.39, 0.29) is 24.0 Å². The number of fused-ring (bicyclic) bond motifs is 1. The van der Waals surface area contributed by atoms with Crippen molar-refractivity contribution in [2.45, 2.75) is 30.4 Å². The summed E-state index contributed by atoms with van der Waals surface area (Å²) in [4.78, 5) is 0. The van der Waals surface area contributed by atoms with Crippen LogP contribution in [0.5, 0.6) is 0 Å². The van der Waals surface area contributed by atoms with Gasteiger partial charge in [-0.25, -0.2) is 0 Å². The summed E-state index contributed by atoms with van der Waals surface area (Å²) in [5, 5.41) is 10.2. The van der Waals surface area contributed by atoms with Gasteiger partial charge in [-0.05, 0) is 23.3 Å². The number of benzene rings is 1. The lowest BCUT2D eigenvalue weighted by Crippen LogP contribution is -2.60. The normalized spacial score (nSPS) is 21.3. The summed E-state index contributed by atoms with van der Waals surface area (Å²) < 4.78 is 13.5. The average Bonchev–Trinajstić information content (AvgIpc) is 3.48. The SMILES string of the molecule is OCc1cccc2c1[C@H]1c3cccc[n+]3[C@@H]2CC1(c1ccoc1)c1ccoc1. The number of pyridine rings is 1. The number of nitrogens with zero attached hydrogens (tertiary/aromatic N) is 1. The van der Waals surface area contributed by atoms with Crippen molar-refractivity contribution in [3.05, 3.63) is 113 Å². The van der Waals surface area contributed by atoms with Gasteiger partial charge in [0.2, 0.25) is 0 Å². The van der Waals surface area contributed by atoms with Gasteiger partial charge in [-0.2, -0.15) is 4.57 Å². The third-order valence-corrected chi connectivity index (χ3v) is 6.68. The summed E-state index contributed by atoms with van der Waals surface area (Å²) in [6.07, 6.45) is 10.3. The highest BCUT2D eigenvalue weighted by Crippen LogP contribution is 2.60. The Hall–Kier alpha value is -3.11. The van der Waals surface area contributed by atoms with Crippen LogP contribution in [0.3, 0.4) is 0 Å². The lowest BCUT2D eigenvalue weighted by atomic mass is 9.53. The standard InChI is InChI=1S/C24H20NO3/c26-13-16-4-3-5-19-21-12-24(17-7-10-27-14-17,18-8-11-28-15-18)23(22(16)19)20-6-1-2-9-25(20)21/h1-11,14-15,21,23,26H,12-13H2/q+1/t21-,23-/m1/s1. The van der Waals surface area contributed by atoms with Crippen molar-refractivity contribution in [3.63, 3.8) is 0 Å². The molecule has 5 heterocycles. The lowest BCUT2D eigenvalue weighted by molar-refractivity contribution is -0.732. The number of furan rings is 2. The Balaban J connectivity index is 1.74. The van der Waals surface area contributed by atoms with Gasteiger partial charge < -0.3 is 13.9 Å². The first kappa shape index (κ1) is 15.9. The van der Waals surface area contributed by atoms with E-state index in [2.05, 4.69) is 53.2 Å². The summed E-state index contributed by atoms with van der Waals surface area (Å²) in [5.74, 6) is 0.0623. The molecule has 1 N–H and O–H groups in total. The molecule has 2 atom stereocenters. The minimum atomic E-state index is -0.301. The van der Waals surface area contributed by atoms with Crippen molar-refractivity contribution in [2.75, 3.05) is 0 Å². The summed E-state index contributed by atoms with van der Waals surface area (Å²) in [6.45, 7) is 0.0338. The molecule has 0 spiro atoms. The van der Waals surface area contributed by atoms with Gasteiger partial charge in [-0.1, -0.05) is 24.3 Å². The van der Waals surface area contributed by atoms with Gasteiger partial charge >= 0.3 is 0 Å². The molecule has 0 saturated carbocycles. The summed E-state index contributed by atoms with van der Waals surface area (Å²) in [6, 6.07) is 17.1. The van der Waals surface area contributed by atoms with Crippen molar-refractivity contribution >= 4 is 0 Å². The van der Waals surface area contributed by atoms with Crippen LogP contribution in [0.4, 0.5) is 0 Å². The Morgan fingerprint density at radius 3 is 2.43 bits per heavy atom. The molecule has 28 heavy (non-hydrogen) atoms. The van der Waals surface area contributed by atoms with Crippen molar-refractivity contribution in [1.82, 2.24) is 0 Å². The third-order valence-electron chi connectivity index (χ3n) is 6.68. The maximum atomic E-state index is 10.2. The second-order valence-corrected chi connectivity index (χ2v) is 7.76. The molecule has 2 aliphatic heterocycles. The molecular weight excluding hydrogens is 350 g/mol. The molecular formula is C24H20NO3+. The quantitative estimate of drug-likeness (QED) is 0.553. The van der Waals surface area contributed by atoms with Crippen LogP contribution in [0.1, 0.15) is 51.9 Å². The fraction of sp³-hybridized carbons (Fsp3) is 0.208. The van der Waals surface area contributed by atoms with E-state index in [9.17, 15) is 5.11 Å². The average molecular weight is 370 g/mol. The Kier molecular flexibility index (Phi) is 3.23. The molecule has 7 rings (SSSR count). The van der Waals surface area contributed by atoms with Crippen LogP contribution < -0.4 is 4.57 Å². The topological polar surface area (TPSA) is 50.4 Å². The molecule has 4 aromatic rings. The molecule has 138 valence electrons. The first-order valence-corrected chi connectivity index (χ1v) is 9.62. The lowest BCUT2D eigenvalue weighted by Gasteiger charge is -2.49. The first-order chi connectivity index (χ1) is 13.8. The van der Waals surface area contributed by atoms with Gasteiger partial charge in [0.25, 0.3) is 0 Å². The smallest absolute Gasteiger partial charge is 0.190 e. The zero-order valence-electron chi connectivity index (χ0n) is 15.3. The van der Waals surface area contributed by atoms with Crippen LogP contribution in [0, 0.1) is 0 Å². The highest BCUT2D eigenvalue weighted by Gasteiger charge is 2.60. The van der Waals surface area contributed by atoms with Crippen LogP contribution in [-0.2, 0) is 12.0 Å². The van der Waals surface area contributed by atoms with Gasteiger partial charge in [0.15, 0.2) is 17.9 Å². The minimum absolute atomic E-state index is 0.0338. The monoisotopic (exact) mass is 370 g/mol. The van der Waals surface area contributed by atoms with Gasteiger partial charge in [0, 0.05) is 35.2 Å². The number of hydrogen-bond donors (Lipinski definition) is 1. The number of aliphatic hydroxyl groups is 1. The van der Waals surface area contributed by atoms with E-state index in [4.69, 9.17) is 8.83 Å². The second-order valence-electron chi connectivity index (χ2n) is 7.76. The molecule has 3 aromatic heterocycles. The van der Waals surface area contributed by atoms with E-state index in [1.165, 1.54) is 16.8 Å². The summed E-state index contributed by atoms with van der Waals surface area (Å²) in [7, 11) is 0. The van der Waals surface area contributed by atoms with Gasteiger partial charge in [-0.3, -0.25) is 0 Å². The zero-order valence-corrected chi connectivity index (χ0v) is 15.3. The third kappa shape index (κ3) is 1.86. The van der Waals surface area contributed by atoms with Crippen LogP contribution in [0.15, 0.2) is 88.6 Å². The van der Waals surface area contributed by atoms with E-state index < -0.39 is 0 Å².